The molecule has 142 valence electrons. The minimum absolute atomic E-state index is 0.143. The van der Waals surface area contributed by atoms with Crippen molar-refractivity contribution in [1.29, 1.82) is 0 Å². The van der Waals surface area contributed by atoms with E-state index in [2.05, 4.69) is 0 Å². The summed E-state index contributed by atoms with van der Waals surface area (Å²) in [4.78, 5) is 38.9. The van der Waals surface area contributed by atoms with Gasteiger partial charge in [-0.05, 0) is 28.5 Å². The van der Waals surface area contributed by atoms with Crippen LogP contribution in [-0.4, -0.2) is 36.2 Å². The zero-order chi connectivity index (χ0) is 19.9. The minimum Gasteiger partial charge on any atom is -0.452 e. The summed E-state index contributed by atoms with van der Waals surface area (Å²) in [7, 11) is 1.65. The van der Waals surface area contributed by atoms with Crippen LogP contribution in [0.2, 0.25) is 0 Å². The third kappa shape index (κ3) is 4.72. The van der Waals surface area contributed by atoms with E-state index in [4.69, 9.17) is 4.74 Å². The number of benzene rings is 2. The lowest BCUT2D eigenvalue weighted by molar-refractivity contribution is -0.133. The Kier molecular flexibility index (Phi) is 6.34. The quantitative estimate of drug-likeness (QED) is 0.452. The number of likely N-dealkylation sites (N-methyl/N-ethyl adjacent to an activating group) is 1. The van der Waals surface area contributed by atoms with E-state index in [1.807, 2.05) is 22.9 Å². The van der Waals surface area contributed by atoms with Crippen LogP contribution >= 0.6 is 11.3 Å². The van der Waals surface area contributed by atoms with E-state index >= 15 is 0 Å². The van der Waals surface area contributed by atoms with Crippen LogP contribution in [0.1, 0.15) is 31.8 Å². The smallest absolute Gasteiger partial charge is 0.339 e. The predicted molar refractivity (Wildman–Crippen MR) is 107 cm³/mol. The van der Waals surface area contributed by atoms with Crippen LogP contribution in [0.25, 0.3) is 0 Å². The Morgan fingerprint density at radius 3 is 2.29 bits per heavy atom. The van der Waals surface area contributed by atoms with Crippen molar-refractivity contribution in [2.75, 3.05) is 13.7 Å². The van der Waals surface area contributed by atoms with Crippen molar-refractivity contribution in [2.45, 2.75) is 6.54 Å². The van der Waals surface area contributed by atoms with Gasteiger partial charge in [0.15, 0.2) is 12.4 Å². The fourth-order valence-corrected chi connectivity index (χ4v) is 3.32. The first-order valence-electron chi connectivity index (χ1n) is 8.67. The molecule has 0 bridgehead atoms. The summed E-state index contributed by atoms with van der Waals surface area (Å²) in [6, 6.07) is 17.1. The zero-order valence-corrected chi connectivity index (χ0v) is 16.1. The molecule has 28 heavy (non-hydrogen) atoms. The van der Waals surface area contributed by atoms with Crippen LogP contribution < -0.4 is 0 Å². The van der Waals surface area contributed by atoms with Crippen LogP contribution in [0, 0.1) is 0 Å². The molecule has 0 unspecified atom stereocenters. The van der Waals surface area contributed by atoms with Crippen molar-refractivity contribution in [1.82, 2.24) is 4.90 Å². The van der Waals surface area contributed by atoms with Crippen molar-refractivity contribution in [3.05, 3.63) is 93.7 Å². The van der Waals surface area contributed by atoms with E-state index in [0.29, 0.717) is 12.1 Å². The lowest BCUT2D eigenvalue weighted by atomic mass is 9.98. The Hall–Kier alpha value is -3.25. The molecule has 0 spiro atoms. The molecule has 0 atom stereocenters. The Bertz CT molecular complexity index is 967. The summed E-state index contributed by atoms with van der Waals surface area (Å²) in [6.07, 6.45) is 0. The second kappa shape index (κ2) is 9.10. The molecule has 5 nitrogen and oxygen atoms in total. The number of nitrogens with zero attached hydrogens (tertiary/aromatic N) is 1. The highest BCUT2D eigenvalue weighted by molar-refractivity contribution is 7.07. The first-order valence-corrected chi connectivity index (χ1v) is 9.61. The van der Waals surface area contributed by atoms with Crippen LogP contribution in [-0.2, 0) is 16.1 Å². The molecular formula is C22H19NO4S. The molecule has 0 fully saturated rings. The van der Waals surface area contributed by atoms with Gasteiger partial charge < -0.3 is 9.64 Å². The fourth-order valence-electron chi connectivity index (χ4n) is 2.66. The number of hydrogen-bond donors (Lipinski definition) is 0. The van der Waals surface area contributed by atoms with Crippen LogP contribution in [0.5, 0.6) is 0 Å². The maximum Gasteiger partial charge on any atom is 0.339 e. The molecule has 0 aliphatic heterocycles. The van der Waals surface area contributed by atoms with E-state index in [9.17, 15) is 14.4 Å². The predicted octanol–water partition coefficient (Wildman–Crippen LogP) is 3.79. The normalized spacial score (nSPS) is 10.3. The summed E-state index contributed by atoms with van der Waals surface area (Å²) in [5.74, 6) is -1.28. The fraction of sp³-hybridized carbons (Fsp3) is 0.136. The Labute approximate surface area is 167 Å². The van der Waals surface area contributed by atoms with Crippen LogP contribution in [0.15, 0.2) is 71.4 Å². The summed E-state index contributed by atoms with van der Waals surface area (Å²) in [6.45, 7) is 0.0658. The minimum atomic E-state index is -0.697. The monoisotopic (exact) mass is 393 g/mol. The summed E-state index contributed by atoms with van der Waals surface area (Å²) in [5, 5.41) is 3.90. The average Bonchev–Trinajstić information content (AvgIpc) is 3.24. The van der Waals surface area contributed by atoms with Gasteiger partial charge in [0.05, 0.1) is 5.56 Å². The molecule has 1 heterocycles. The topological polar surface area (TPSA) is 63.7 Å². The Balaban J connectivity index is 1.66. The highest BCUT2D eigenvalue weighted by atomic mass is 32.1. The molecule has 1 amide bonds. The van der Waals surface area contributed by atoms with Gasteiger partial charge >= 0.3 is 5.97 Å². The van der Waals surface area contributed by atoms with Crippen molar-refractivity contribution in [2.24, 2.45) is 0 Å². The van der Waals surface area contributed by atoms with Crippen molar-refractivity contribution in [3.63, 3.8) is 0 Å². The second-order valence-electron chi connectivity index (χ2n) is 6.20. The number of rotatable bonds is 7. The highest BCUT2D eigenvalue weighted by Crippen LogP contribution is 2.16. The third-order valence-electron chi connectivity index (χ3n) is 4.18. The molecule has 2 aromatic carbocycles. The Morgan fingerprint density at radius 2 is 1.61 bits per heavy atom. The number of thiophene rings is 1. The van der Waals surface area contributed by atoms with Gasteiger partial charge in [-0.3, -0.25) is 9.59 Å². The van der Waals surface area contributed by atoms with Gasteiger partial charge in [0, 0.05) is 24.7 Å². The molecule has 1 aromatic heterocycles. The van der Waals surface area contributed by atoms with E-state index in [-0.39, 0.29) is 29.4 Å². The third-order valence-corrected chi connectivity index (χ3v) is 4.91. The molecule has 0 N–H and O–H groups in total. The molecule has 0 saturated carbocycles. The van der Waals surface area contributed by atoms with Gasteiger partial charge in [-0.25, -0.2) is 4.79 Å². The van der Waals surface area contributed by atoms with Crippen molar-refractivity contribution >= 4 is 29.0 Å². The van der Waals surface area contributed by atoms with Gasteiger partial charge in [-0.1, -0.05) is 48.5 Å². The summed E-state index contributed by atoms with van der Waals surface area (Å²) < 4.78 is 5.18. The number of hydrogen-bond acceptors (Lipinski definition) is 5. The van der Waals surface area contributed by atoms with Crippen molar-refractivity contribution in [3.8, 4) is 0 Å². The molecule has 0 saturated heterocycles. The molecule has 0 radical (unpaired) electrons. The number of ether oxygens (including phenoxy) is 1. The highest BCUT2D eigenvalue weighted by Gasteiger charge is 2.20. The molecule has 3 aromatic rings. The van der Waals surface area contributed by atoms with Gasteiger partial charge in [0.25, 0.3) is 5.91 Å². The van der Waals surface area contributed by atoms with Gasteiger partial charge in [-0.15, -0.1) is 0 Å². The van der Waals surface area contributed by atoms with E-state index < -0.39 is 5.97 Å². The standard InChI is InChI=1S/C22H19NO4S/c1-23(13-16-11-12-28-15-16)20(24)14-27-22(26)19-10-6-5-9-18(19)21(25)17-7-3-2-4-8-17/h2-12,15H,13-14H2,1H3. The van der Waals surface area contributed by atoms with Crippen molar-refractivity contribution < 1.29 is 19.1 Å². The molecule has 0 aliphatic carbocycles. The zero-order valence-electron chi connectivity index (χ0n) is 15.3. The lowest BCUT2D eigenvalue weighted by Crippen LogP contribution is -2.30. The van der Waals surface area contributed by atoms with E-state index in [1.54, 1.807) is 60.8 Å². The SMILES string of the molecule is CN(Cc1ccsc1)C(=O)COC(=O)c1ccccc1C(=O)c1ccccc1. The molecular weight excluding hydrogens is 374 g/mol. The largest absolute Gasteiger partial charge is 0.452 e. The maximum absolute atomic E-state index is 12.7. The van der Waals surface area contributed by atoms with Gasteiger partial charge in [-0.2, -0.15) is 11.3 Å². The van der Waals surface area contributed by atoms with Gasteiger partial charge in [0.2, 0.25) is 0 Å². The molecule has 0 aliphatic rings. The summed E-state index contributed by atoms with van der Waals surface area (Å²) >= 11 is 1.56. The molecule has 6 heteroatoms. The molecule has 3 rings (SSSR count). The van der Waals surface area contributed by atoms with Crippen LogP contribution in [0.4, 0.5) is 0 Å². The first kappa shape index (κ1) is 19.5. The number of carbonyl (C=O) groups excluding carboxylic acids is 3. The first-order chi connectivity index (χ1) is 13.6. The number of amides is 1. The number of esters is 1. The van der Waals surface area contributed by atoms with E-state index in [0.717, 1.165) is 5.56 Å². The second-order valence-corrected chi connectivity index (χ2v) is 6.98. The Morgan fingerprint density at radius 1 is 0.929 bits per heavy atom. The van der Waals surface area contributed by atoms with E-state index in [1.165, 1.54) is 11.0 Å². The maximum atomic E-state index is 12.7. The lowest BCUT2D eigenvalue weighted by Gasteiger charge is -2.16. The summed E-state index contributed by atoms with van der Waals surface area (Å²) in [5.41, 5.74) is 1.89. The van der Waals surface area contributed by atoms with Crippen LogP contribution in [0.3, 0.4) is 0 Å². The number of ketones is 1. The number of carbonyl (C=O) groups is 3. The van der Waals surface area contributed by atoms with Gasteiger partial charge in [0.1, 0.15) is 0 Å². The average molecular weight is 393 g/mol.